The lowest BCUT2D eigenvalue weighted by Gasteiger charge is -2.10. The van der Waals surface area contributed by atoms with Crippen LogP contribution in [0.4, 0.5) is 0 Å². The first-order valence-electron chi connectivity index (χ1n) is 5.14. The molecule has 0 amide bonds. The summed E-state index contributed by atoms with van der Waals surface area (Å²) in [7, 11) is 1.45. The van der Waals surface area contributed by atoms with Gasteiger partial charge < -0.3 is 9.47 Å². The molecule has 1 heterocycles. The van der Waals surface area contributed by atoms with Crippen LogP contribution in [0, 0.1) is 0 Å². The highest BCUT2D eigenvalue weighted by molar-refractivity contribution is 7.12. The molecule has 1 aromatic carbocycles. The van der Waals surface area contributed by atoms with Crippen molar-refractivity contribution < 1.29 is 19.1 Å². The number of para-hydroxylation sites is 1. The number of rotatable bonds is 4. The van der Waals surface area contributed by atoms with Crippen molar-refractivity contribution in [3.05, 3.63) is 46.2 Å². The summed E-state index contributed by atoms with van der Waals surface area (Å²) < 4.78 is 10.3. The average molecular weight is 262 g/mol. The number of ether oxygens (including phenoxy) is 2. The number of carbonyl (C=O) groups excluding carboxylic acids is 2. The number of hydrogen-bond acceptors (Lipinski definition) is 5. The molecule has 92 valence electrons. The molecular formula is C13H10O4S. The Kier molecular flexibility index (Phi) is 3.74. The molecule has 0 N–H and O–H groups in total. The van der Waals surface area contributed by atoms with E-state index in [1.54, 1.807) is 35.7 Å². The zero-order valence-corrected chi connectivity index (χ0v) is 10.4. The maximum Gasteiger partial charge on any atom is 0.353 e. The summed E-state index contributed by atoms with van der Waals surface area (Å²) in [5.74, 6) is -0.00416. The maximum absolute atomic E-state index is 11.8. The van der Waals surface area contributed by atoms with Gasteiger partial charge in [0, 0.05) is 0 Å². The number of benzene rings is 1. The molecule has 0 unspecified atom stereocenters. The molecule has 0 aliphatic carbocycles. The third-order valence-corrected chi connectivity index (χ3v) is 3.12. The fraction of sp³-hybridized carbons (Fsp3) is 0.0769. The second-order valence-electron chi connectivity index (χ2n) is 3.36. The minimum atomic E-state index is -0.502. The van der Waals surface area contributed by atoms with Gasteiger partial charge >= 0.3 is 5.97 Å². The number of esters is 1. The molecule has 18 heavy (non-hydrogen) atoms. The van der Waals surface area contributed by atoms with Crippen LogP contribution in [0.3, 0.4) is 0 Å². The van der Waals surface area contributed by atoms with E-state index in [1.807, 2.05) is 0 Å². The van der Waals surface area contributed by atoms with Gasteiger partial charge in [-0.25, -0.2) is 4.79 Å². The van der Waals surface area contributed by atoms with Crippen LogP contribution < -0.4 is 9.47 Å². The molecule has 0 saturated carbocycles. The van der Waals surface area contributed by atoms with E-state index < -0.39 is 5.97 Å². The Hall–Kier alpha value is -2.14. The van der Waals surface area contributed by atoms with E-state index in [9.17, 15) is 9.59 Å². The fourth-order valence-corrected chi connectivity index (χ4v) is 2.03. The van der Waals surface area contributed by atoms with Crippen molar-refractivity contribution in [2.75, 3.05) is 7.11 Å². The van der Waals surface area contributed by atoms with Crippen LogP contribution in [-0.2, 0) is 0 Å². The standard InChI is InChI=1S/C13H10O4S/c1-16-10-5-2-4-9(8-14)12(10)17-13(15)11-6-3-7-18-11/h2-8H,1H3. The normalized spacial score (nSPS) is 9.83. The second kappa shape index (κ2) is 5.46. The van der Waals surface area contributed by atoms with Gasteiger partial charge in [0.2, 0.25) is 0 Å². The van der Waals surface area contributed by atoms with Crippen molar-refractivity contribution >= 4 is 23.6 Å². The molecule has 0 aliphatic rings. The zero-order chi connectivity index (χ0) is 13.0. The minimum Gasteiger partial charge on any atom is -0.493 e. The highest BCUT2D eigenvalue weighted by Gasteiger charge is 2.16. The summed E-state index contributed by atoms with van der Waals surface area (Å²) in [5, 5.41) is 1.78. The van der Waals surface area contributed by atoms with Crippen LogP contribution in [-0.4, -0.2) is 19.4 Å². The lowest BCUT2D eigenvalue weighted by molar-refractivity contribution is 0.0733. The molecule has 2 aromatic rings. The Labute approximate surface area is 108 Å². The smallest absolute Gasteiger partial charge is 0.353 e. The van der Waals surface area contributed by atoms with Crippen LogP contribution in [0.15, 0.2) is 35.7 Å². The number of carbonyl (C=O) groups is 2. The number of aldehydes is 1. The summed E-state index contributed by atoms with van der Waals surface area (Å²) in [5.41, 5.74) is 0.277. The summed E-state index contributed by atoms with van der Waals surface area (Å²) in [6.45, 7) is 0. The van der Waals surface area contributed by atoms with E-state index in [2.05, 4.69) is 0 Å². The number of hydrogen-bond donors (Lipinski definition) is 0. The van der Waals surface area contributed by atoms with Crippen LogP contribution in [0.2, 0.25) is 0 Å². The molecule has 0 spiro atoms. The molecule has 0 fully saturated rings. The molecule has 0 bridgehead atoms. The Balaban J connectivity index is 2.33. The van der Waals surface area contributed by atoms with Crippen LogP contribution in [0.1, 0.15) is 20.0 Å². The van der Waals surface area contributed by atoms with Gasteiger partial charge in [-0.2, -0.15) is 0 Å². The summed E-state index contributed by atoms with van der Waals surface area (Å²) in [6, 6.07) is 8.26. The third kappa shape index (κ3) is 2.41. The Morgan fingerprint density at radius 2 is 2.11 bits per heavy atom. The molecule has 5 heteroatoms. The van der Waals surface area contributed by atoms with Crippen LogP contribution >= 0.6 is 11.3 Å². The highest BCUT2D eigenvalue weighted by Crippen LogP contribution is 2.31. The lowest BCUT2D eigenvalue weighted by atomic mass is 10.2. The second-order valence-corrected chi connectivity index (χ2v) is 4.31. The first-order chi connectivity index (χ1) is 8.76. The largest absolute Gasteiger partial charge is 0.493 e. The van der Waals surface area contributed by atoms with Crippen molar-refractivity contribution in [3.63, 3.8) is 0 Å². The SMILES string of the molecule is COc1cccc(C=O)c1OC(=O)c1cccs1. The average Bonchev–Trinajstić information content (AvgIpc) is 2.93. The van der Waals surface area contributed by atoms with Gasteiger partial charge in [0.25, 0.3) is 0 Å². The van der Waals surface area contributed by atoms with Gasteiger partial charge in [-0.05, 0) is 23.6 Å². The van der Waals surface area contributed by atoms with E-state index in [-0.39, 0.29) is 11.3 Å². The predicted molar refractivity (Wildman–Crippen MR) is 67.7 cm³/mol. The third-order valence-electron chi connectivity index (χ3n) is 2.27. The monoisotopic (exact) mass is 262 g/mol. The summed E-state index contributed by atoms with van der Waals surface area (Å²) in [4.78, 5) is 23.2. The Bertz CT molecular complexity index is 560. The van der Waals surface area contributed by atoms with Gasteiger partial charge in [-0.15, -0.1) is 11.3 Å². The molecule has 4 nitrogen and oxygen atoms in total. The van der Waals surface area contributed by atoms with Crippen LogP contribution in [0.5, 0.6) is 11.5 Å². The maximum atomic E-state index is 11.8. The quantitative estimate of drug-likeness (QED) is 0.483. The Morgan fingerprint density at radius 1 is 1.28 bits per heavy atom. The highest BCUT2D eigenvalue weighted by atomic mass is 32.1. The van der Waals surface area contributed by atoms with E-state index in [0.717, 1.165) is 0 Å². The van der Waals surface area contributed by atoms with Crippen molar-refractivity contribution in [1.82, 2.24) is 0 Å². The minimum absolute atomic E-state index is 0.147. The van der Waals surface area contributed by atoms with E-state index in [1.165, 1.54) is 18.4 Å². The molecule has 0 aliphatic heterocycles. The first kappa shape index (κ1) is 12.3. The van der Waals surface area contributed by atoms with Crippen molar-refractivity contribution in [1.29, 1.82) is 0 Å². The van der Waals surface area contributed by atoms with Gasteiger partial charge in [-0.3, -0.25) is 4.79 Å². The molecule has 0 atom stereocenters. The topological polar surface area (TPSA) is 52.6 Å². The van der Waals surface area contributed by atoms with E-state index in [4.69, 9.17) is 9.47 Å². The van der Waals surface area contributed by atoms with Gasteiger partial charge in [0.05, 0.1) is 12.7 Å². The Morgan fingerprint density at radius 3 is 2.72 bits per heavy atom. The van der Waals surface area contributed by atoms with Crippen molar-refractivity contribution in [2.45, 2.75) is 0 Å². The summed E-state index contributed by atoms with van der Waals surface area (Å²) in [6.07, 6.45) is 0.625. The number of methoxy groups -OCH3 is 1. The van der Waals surface area contributed by atoms with Gasteiger partial charge in [0.1, 0.15) is 4.88 Å². The van der Waals surface area contributed by atoms with Crippen molar-refractivity contribution in [3.8, 4) is 11.5 Å². The molecule has 0 radical (unpaired) electrons. The molecule has 0 saturated heterocycles. The van der Waals surface area contributed by atoms with Gasteiger partial charge in [0.15, 0.2) is 17.8 Å². The molecular weight excluding hydrogens is 252 g/mol. The van der Waals surface area contributed by atoms with Gasteiger partial charge in [-0.1, -0.05) is 12.1 Å². The predicted octanol–water partition coefficient (Wildman–Crippen LogP) is 2.79. The van der Waals surface area contributed by atoms with E-state index in [0.29, 0.717) is 16.9 Å². The molecule has 1 aromatic heterocycles. The van der Waals surface area contributed by atoms with E-state index >= 15 is 0 Å². The first-order valence-corrected chi connectivity index (χ1v) is 6.02. The lowest BCUT2D eigenvalue weighted by Crippen LogP contribution is -2.09. The summed E-state index contributed by atoms with van der Waals surface area (Å²) >= 11 is 1.27. The molecule has 2 rings (SSSR count). The fourth-order valence-electron chi connectivity index (χ4n) is 1.43. The van der Waals surface area contributed by atoms with Crippen LogP contribution in [0.25, 0.3) is 0 Å². The van der Waals surface area contributed by atoms with Crippen molar-refractivity contribution in [2.24, 2.45) is 0 Å². The number of thiophene rings is 1. The zero-order valence-electron chi connectivity index (χ0n) is 9.58.